The van der Waals surface area contributed by atoms with E-state index >= 15 is 0 Å². The fourth-order valence-electron chi connectivity index (χ4n) is 1.85. The molecule has 1 heterocycles. The van der Waals surface area contributed by atoms with Gasteiger partial charge >= 0.3 is 0 Å². The highest BCUT2D eigenvalue weighted by atomic mass is 32.1. The van der Waals surface area contributed by atoms with Crippen LogP contribution in [-0.4, -0.2) is 18.0 Å². The lowest BCUT2D eigenvalue weighted by Gasteiger charge is -2.06. The molecule has 1 aromatic carbocycles. The van der Waals surface area contributed by atoms with Gasteiger partial charge in [-0.15, -0.1) is 11.3 Å². The van der Waals surface area contributed by atoms with Crippen LogP contribution < -0.4 is 15.8 Å². The summed E-state index contributed by atoms with van der Waals surface area (Å²) in [6, 6.07) is 4.94. The molecule has 0 atom stereocenters. The number of amides is 1. The summed E-state index contributed by atoms with van der Waals surface area (Å²) in [5, 5.41) is 3.40. The predicted molar refractivity (Wildman–Crippen MR) is 81.6 cm³/mol. The Morgan fingerprint density at radius 1 is 1.50 bits per heavy atom. The van der Waals surface area contributed by atoms with Crippen LogP contribution in [0.2, 0.25) is 0 Å². The Balaban J connectivity index is 2.17. The normalized spacial score (nSPS) is 10.3. The topological polar surface area (TPSA) is 77.2 Å². The van der Waals surface area contributed by atoms with Gasteiger partial charge in [0.15, 0.2) is 5.13 Å². The molecule has 0 unspecified atom stereocenters. The number of thiazole rings is 1. The molecule has 0 aliphatic carbocycles. The van der Waals surface area contributed by atoms with E-state index < -0.39 is 0 Å². The van der Waals surface area contributed by atoms with E-state index in [1.54, 1.807) is 18.2 Å². The van der Waals surface area contributed by atoms with Gasteiger partial charge < -0.3 is 10.5 Å². The van der Waals surface area contributed by atoms with Gasteiger partial charge in [0.1, 0.15) is 5.75 Å². The maximum atomic E-state index is 12.1. The number of ether oxygens (including phenoxy) is 1. The second-order valence-corrected chi connectivity index (χ2v) is 5.49. The number of nitrogens with two attached hydrogens (primary N) is 1. The van der Waals surface area contributed by atoms with Crippen molar-refractivity contribution >= 4 is 28.1 Å². The average Bonchev–Trinajstić information content (AvgIpc) is 2.78. The van der Waals surface area contributed by atoms with Crippen molar-refractivity contribution in [2.75, 3.05) is 18.2 Å². The number of anilines is 2. The van der Waals surface area contributed by atoms with Crippen LogP contribution >= 0.6 is 11.3 Å². The first-order valence-corrected chi connectivity index (χ1v) is 7.08. The van der Waals surface area contributed by atoms with Crippen molar-refractivity contribution in [2.45, 2.75) is 20.3 Å². The number of hydrogen-bond acceptors (Lipinski definition) is 5. The number of methoxy groups -OCH3 is 1. The molecule has 1 amide bonds. The number of carbonyl (C=O) groups excluding carboxylic acids is 1. The number of nitrogen functional groups attached to an aromatic ring is 1. The van der Waals surface area contributed by atoms with Gasteiger partial charge in [0, 0.05) is 10.4 Å². The van der Waals surface area contributed by atoms with E-state index in [9.17, 15) is 4.79 Å². The quantitative estimate of drug-likeness (QED) is 0.849. The Morgan fingerprint density at radius 3 is 2.80 bits per heavy atom. The number of aryl methyl sites for hydroxylation is 2. The van der Waals surface area contributed by atoms with Crippen LogP contribution in [0.25, 0.3) is 0 Å². The first kappa shape index (κ1) is 14.3. The van der Waals surface area contributed by atoms with Gasteiger partial charge in [-0.3, -0.25) is 10.1 Å². The Hall–Kier alpha value is -2.08. The molecule has 1 aromatic heterocycles. The van der Waals surface area contributed by atoms with Crippen LogP contribution in [-0.2, 0) is 6.42 Å². The maximum absolute atomic E-state index is 12.1. The Bertz CT molecular complexity index is 637. The van der Waals surface area contributed by atoms with Gasteiger partial charge in [-0.2, -0.15) is 0 Å². The fraction of sp³-hybridized carbons (Fsp3) is 0.286. The molecular weight excluding hydrogens is 274 g/mol. The summed E-state index contributed by atoms with van der Waals surface area (Å²) in [6.45, 7) is 4.04. The van der Waals surface area contributed by atoms with Crippen LogP contribution in [0.5, 0.6) is 5.75 Å². The highest BCUT2D eigenvalue weighted by molar-refractivity contribution is 7.15. The SMILES string of the molecule is CCc1nc(NC(=O)c2ccc(OC)c(N)c2)sc1C. The fourth-order valence-corrected chi connectivity index (χ4v) is 2.75. The number of benzene rings is 1. The van der Waals surface area contributed by atoms with Crippen molar-refractivity contribution in [1.82, 2.24) is 4.98 Å². The van der Waals surface area contributed by atoms with Gasteiger partial charge in [0.2, 0.25) is 0 Å². The zero-order chi connectivity index (χ0) is 14.7. The lowest BCUT2D eigenvalue weighted by Crippen LogP contribution is -2.12. The van der Waals surface area contributed by atoms with Gasteiger partial charge in [0.25, 0.3) is 5.91 Å². The van der Waals surface area contributed by atoms with E-state index in [0.29, 0.717) is 22.1 Å². The molecule has 2 rings (SSSR count). The van der Waals surface area contributed by atoms with E-state index in [1.807, 2.05) is 13.8 Å². The Morgan fingerprint density at radius 2 is 2.25 bits per heavy atom. The molecule has 2 aromatic rings. The number of rotatable bonds is 4. The standard InChI is InChI=1S/C14H17N3O2S/c1-4-11-8(2)20-14(16-11)17-13(18)9-5-6-12(19-3)10(15)7-9/h5-7H,4,15H2,1-3H3,(H,16,17,18). The van der Waals surface area contributed by atoms with Crippen molar-refractivity contribution in [3.63, 3.8) is 0 Å². The second-order valence-electron chi connectivity index (χ2n) is 4.29. The highest BCUT2D eigenvalue weighted by Gasteiger charge is 2.12. The summed E-state index contributed by atoms with van der Waals surface area (Å²) >= 11 is 1.47. The molecule has 0 radical (unpaired) electrons. The van der Waals surface area contributed by atoms with E-state index in [-0.39, 0.29) is 5.91 Å². The molecule has 0 saturated heterocycles. The smallest absolute Gasteiger partial charge is 0.257 e. The minimum absolute atomic E-state index is 0.226. The molecule has 3 N–H and O–H groups in total. The summed E-state index contributed by atoms with van der Waals surface area (Å²) in [5.74, 6) is 0.329. The molecule has 0 spiro atoms. The van der Waals surface area contributed by atoms with Gasteiger partial charge in [-0.1, -0.05) is 6.92 Å². The number of aromatic nitrogens is 1. The molecule has 5 nitrogen and oxygen atoms in total. The van der Waals surface area contributed by atoms with Crippen molar-refractivity contribution in [3.05, 3.63) is 34.3 Å². The van der Waals surface area contributed by atoms with E-state index in [4.69, 9.17) is 10.5 Å². The third-order valence-corrected chi connectivity index (χ3v) is 3.87. The van der Waals surface area contributed by atoms with Crippen LogP contribution in [0.15, 0.2) is 18.2 Å². The molecule has 0 bridgehead atoms. The molecular formula is C14H17N3O2S. The number of carbonyl (C=O) groups is 1. The van der Waals surface area contributed by atoms with Crippen molar-refractivity contribution in [1.29, 1.82) is 0 Å². The predicted octanol–water partition coefficient (Wildman–Crippen LogP) is 2.86. The first-order chi connectivity index (χ1) is 9.55. The zero-order valence-corrected chi connectivity index (χ0v) is 12.5. The van der Waals surface area contributed by atoms with Crippen molar-refractivity contribution in [3.8, 4) is 5.75 Å². The monoisotopic (exact) mass is 291 g/mol. The number of nitrogens with zero attached hydrogens (tertiary/aromatic N) is 1. The Labute approximate surface area is 121 Å². The van der Waals surface area contributed by atoms with Gasteiger partial charge in [-0.25, -0.2) is 4.98 Å². The van der Waals surface area contributed by atoms with Gasteiger partial charge in [0.05, 0.1) is 18.5 Å². The third-order valence-electron chi connectivity index (χ3n) is 2.94. The van der Waals surface area contributed by atoms with E-state index in [1.165, 1.54) is 18.4 Å². The summed E-state index contributed by atoms with van der Waals surface area (Å²) in [5.41, 5.74) is 7.72. The Kier molecular flexibility index (Phi) is 4.24. The number of nitrogens with one attached hydrogen (secondary N) is 1. The summed E-state index contributed by atoms with van der Waals surface area (Å²) in [7, 11) is 1.54. The van der Waals surface area contributed by atoms with Crippen LogP contribution in [0, 0.1) is 6.92 Å². The minimum Gasteiger partial charge on any atom is -0.495 e. The molecule has 0 saturated carbocycles. The molecule has 106 valence electrons. The zero-order valence-electron chi connectivity index (χ0n) is 11.7. The average molecular weight is 291 g/mol. The van der Waals surface area contributed by atoms with Crippen molar-refractivity contribution < 1.29 is 9.53 Å². The maximum Gasteiger partial charge on any atom is 0.257 e. The van der Waals surface area contributed by atoms with Crippen molar-refractivity contribution in [2.24, 2.45) is 0 Å². The number of hydrogen-bond donors (Lipinski definition) is 2. The molecule has 0 aliphatic heterocycles. The van der Waals surface area contributed by atoms with E-state index in [0.717, 1.165) is 17.0 Å². The molecule has 0 aliphatic rings. The first-order valence-electron chi connectivity index (χ1n) is 6.26. The van der Waals surface area contributed by atoms with E-state index in [2.05, 4.69) is 10.3 Å². The molecule has 6 heteroatoms. The minimum atomic E-state index is -0.226. The highest BCUT2D eigenvalue weighted by Crippen LogP contribution is 2.25. The summed E-state index contributed by atoms with van der Waals surface area (Å²) in [6.07, 6.45) is 0.855. The molecule has 0 fully saturated rings. The van der Waals surface area contributed by atoms with Gasteiger partial charge in [-0.05, 0) is 31.5 Å². The third kappa shape index (κ3) is 2.91. The van der Waals surface area contributed by atoms with Crippen LogP contribution in [0.3, 0.4) is 0 Å². The lowest BCUT2D eigenvalue weighted by atomic mass is 10.2. The second kappa shape index (κ2) is 5.92. The molecule has 20 heavy (non-hydrogen) atoms. The van der Waals surface area contributed by atoms with Crippen LogP contribution in [0.1, 0.15) is 27.9 Å². The summed E-state index contributed by atoms with van der Waals surface area (Å²) < 4.78 is 5.06. The van der Waals surface area contributed by atoms with Crippen LogP contribution in [0.4, 0.5) is 10.8 Å². The summed E-state index contributed by atoms with van der Waals surface area (Å²) in [4.78, 5) is 17.6. The largest absolute Gasteiger partial charge is 0.495 e. The lowest BCUT2D eigenvalue weighted by molar-refractivity contribution is 0.102.